The second-order valence-corrected chi connectivity index (χ2v) is 4.83. The third kappa shape index (κ3) is 3.70. The molecule has 0 nitrogen and oxygen atoms in total. The number of rotatable bonds is 5. The molecule has 0 heterocycles. The second kappa shape index (κ2) is 6.40. The highest BCUT2D eigenvalue weighted by atomic mass is 35.5. The lowest BCUT2D eigenvalue weighted by molar-refractivity contribution is 0.598. The highest BCUT2D eigenvalue weighted by Crippen LogP contribution is 2.33. The minimum Gasteiger partial charge on any atom is -0.0827 e. The third-order valence-corrected chi connectivity index (χ3v) is 3.59. The Labute approximate surface area is 103 Å². The molecule has 0 aliphatic carbocycles. The van der Waals surface area contributed by atoms with Crippen LogP contribution in [0.5, 0.6) is 0 Å². The van der Waals surface area contributed by atoms with Gasteiger partial charge in [-0.1, -0.05) is 68.4 Å². The lowest BCUT2D eigenvalue weighted by Gasteiger charge is -2.13. The Morgan fingerprint density at radius 1 is 1.20 bits per heavy atom. The van der Waals surface area contributed by atoms with E-state index in [0.717, 1.165) is 5.02 Å². The molecule has 0 spiro atoms. The molecule has 0 radical (unpaired) electrons. The van der Waals surface area contributed by atoms with Gasteiger partial charge in [-0.2, -0.15) is 0 Å². The van der Waals surface area contributed by atoms with Crippen LogP contribution in [0.3, 0.4) is 0 Å². The summed E-state index contributed by atoms with van der Waals surface area (Å²) < 4.78 is 0. The largest absolute Gasteiger partial charge is 0.0827 e. The standard InChI is InChI=1S/C13H18Cl2/c1-3-4-5-7-10(2)11-8-6-9-12(14)13(11)15/h6,8-10H,3-5,7H2,1-2H3. The maximum atomic E-state index is 6.17. The molecule has 0 aliphatic rings. The summed E-state index contributed by atoms with van der Waals surface area (Å²) in [5.41, 5.74) is 1.18. The van der Waals surface area contributed by atoms with E-state index in [1.807, 2.05) is 12.1 Å². The molecule has 1 rings (SSSR count). The van der Waals surface area contributed by atoms with Crippen LogP contribution in [-0.2, 0) is 0 Å². The van der Waals surface area contributed by atoms with Crippen LogP contribution in [0.2, 0.25) is 10.0 Å². The van der Waals surface area contributed by atoms with Crippen molar-refractivity contribution in [2.45, 2.75) is 45.4 Å². The first kappa shape index (κ1) is 12.9. The van der Waals surface area contributed by atoms with Crippen LogP contribution in [0.1, 0.15) is 51.0 Å². The lowest BCUT2D eigenvalue weighted by Crippen LogP contribution is -1.95. The van der Waals surface area contributed by atoms with E-state index in [1.54, 1.807) is 0 Å². The Kier molecular flexibility index (Phi) is 5.49. The first-order valence-electron chi connectivity index (χ1n) is 5.60. The Morgan fingerprint density at radius 3 is 2.60 bits per heavy atom. The summed E-state index contributed by atoms with van der Waals surface area (Å²) in [6.07, 6.45) is 5.01. The van der Waals surface area contributed by atoms with Gasteiger partial charge < -0.3 is 0 Å². The zero-order chi connectivity index (χ0) is 11.3. The predicted molar refractivity (Wildman–Crippen MR) is 69.0 cm³/mol. The molecule has 0 aliphatic heterocycles. The van der Waals surface area contributed by atoms with Gasteiger partial charge in [0.2, 0.25) is 0 Å². The zero-order valence-corrected chi connectivity index (χ0v) is 10.9. The van der Waals surface area contributed by atoms with Crippen LogP contribution in [-0.4, -0.2) is 0 Å². The fourth-order valence-electron chi connectivity index (χ4n) is 1.76. The van der Waals surface area contributed by atoms with E-state index < -0.39 is 0 Å². The first-order valence-corrected chi connectivity index (χ1v) is 6.36. The summed E-state index contributed by atoms with van der Waals surface area (Å²) >= 11 is 12.2. The molecule has 0 saturated heterocycles. The van der Waals surface area contributed by atoms with Crippen molar-refractivity contribution in [3.63, 3.8) is 0 Å². The molecule has 1 atom stereocenters. The van der Waals surface area contributed by atoms with Gasteiger partial charge in [0, 0.05) is 0 Å². The lowest BCUT2D eigenvalue weighted by atomic mass is 9.95. The van der Waals surface area contributed by atoms with Crippen LogP contribution in [0.4, 0.5) is 0 Å². The molecule has 0 aromatic heterocycles. The summed E-state index contributed by atoms with van der Waals surface area (Å²) in [6.45, 7) is 4.43. The highest BCUT2D eigenvalue weighted by molar-refractivity contribution is 6.42. The number of halogens is 2. The third-order valence-electron chi connectivity index (χ3n) is 2.75. The Hall–Kier alpha value is -0.200. The second-order valence-electron chi connectivity index (χ2n) is 4.04. The van der Waals surface area contributed by atoms with E-state index in [2.05, 4.69) is 19.9 Å². The van der Waals surface area contributed by atoms with Gasteiger partial charge in [0.05, 0.1) is 10.0 Å². The van der Waals surface area contributed by atoms with Crippen molar-refractivity contribution in [2.75, 3.05) is 0 Å². The van der Waals surface area contributed by atoms with Crippen LogP contribution in [0.15, 0.2) is 18.2 Å². The van der Waals surface area contributed by atoms with Gasteiger partial charge in [0.25, 0.3) is 0 Å². The summed E-state index contributed by atoms with van der Waals surface area (Å²) in [5.74, 6) is 0.503. The zero-order valence-electron chi connectivity index (χ0n) is 9.39. The first-order chi connectivity index (χ1) is 7.16. The van der Waals surface area contributed by atoms with Crippen LogP contribution < -0.4 is 0 Å². The number of benzene rings is 1. The van der Waals surface area contributed by atoms with Crippen molar-refractivity contribution < 1.29 is 0 Å². The van der Waals surface area contributed by atoms with Gasteiger partial charge >= 0.3 is 0 Å². The molecule has 0 amide bonds. The number of unbranched alkanes of at least 4 members (excludes halogenated alkanes) is 2. The minimum absolute atomic E-state index is 0.503. The smallest absolute Gasteiger partial charge is 0.0626 e. The molecule has 84 valence electrons. The normalized spacial score (nSPS) is 12.8. The number of hydrogen-bond donors (Lipinski definition) is 0. The summed E-state index contributed by atoms with van der Waals surface area (Å²) in [6, 6.07) is 5.89. The molecule has 1 aromatic rings. The van der Waals surface area contributed by atoms with E-state index in [1.165, 1.54) is 31.2 Å². The maximum absolute atomic E-state index is 6.17. The topological polar surface area (TPSA) is 0 Å². The van der Waals surface area contributed by atoms with Crippen LogP contribution >= 0.6 is 23.2 Å². The van der Waals surface area contributed by atoms with Gasteiger partial charge in [-0.25, -0.2) is 0 Å². The van der Waals surface area contributed by atoms with Crippen molar-refractivity contribution >= 4 is 23.2 Å². The Morgan fingerprint density at radius 2 is 1.93 bits per heavy atom. The molecule has 15 heavy (non-hydrogen) atoms. The van der Waals surface area contributed by atoms with Crippen molar-refractivity contribution in [1.29, 1.82) is 0 Å². The van der Waals surface area contributed by atoms with E-state index in [0.29, 0.717) is 10.9 Å². The molecule has 0 bridgehead atoms. The fourth-order valence-corrected chi connectivity index (χ4v) is 2.25. The molecular formula is C13H18Cl2. The quantitative estimate of drug-likeness (QED) is 0.585. The van der Waals surface area contributed by atoms with Crippen molar-refractivity contribution in [2.24, 2.45) is 0 Å². The Bertz CT molecular complexity index is 307. The molecule has 1 unspecified atom stereocenters. The van der Waals surface area contributed by atoms with Gasteiger partial charge in [-0.3, -0.25) is 0 Å². The minimum atomic E-state index is 0.503. The van der Waals surface area contributed by atoms with Crippen molar-refractivity contribution in [3.05, 3.63) is 33.8 Å². The fraction of sp³-hybridized carbons (Fsp3) is 0.538. The highest BCUT2D eigenvalue weighted by Gasteiger charge is 2.11. The van der Waals surface area contributed by atoms with Crippen LogP contribution in [0, 0.1) is 0 Å². The summed E-state index contributed by atoms with van der Waals surface area (Å²) in [4.78, 5) is 0. The Balaban J connectivity index is 2.65. The maximum Gasteiger partial charge on any atom is 0.0626 e. The summed E-state index contributed by atoms with van der Waals surface area (Å²) in [5, 5.41) is 1.39. The van der Waals surface area contributed by atoms with E-state index in [4.69, 9.17) is 23.2 Å². The molecule has 1 aromatic carbocycles. The predicted octanol–water partition coefficient (Wildman–Crippen LogP) is 5.68. The van der Waals surface area contributed by atoms with E-state index >= 15 is 0 Å². The van der Waals surface area contributed by atoms with Gasteiger partial charge in [0.15, 0.2) is 0 Å². The van der Waals surface area contributed by atoms with Gasteiger partial charge in [-0.05, 0) is 24.0 Å². The molecule has 0 saturated carbocycles. The van der Waals surface area contributed by atoms with Crippen molar-refractivity contribution in [3.8, 4) is 0 Å². The molecule has 2 heteroatoms. The van der Waals surface area contributed by atoms with E-state index in [9.17, 15) is 0 Å². The molecule has 0 fully saturated rings. The van der Waals surface area contributed by atoms with Crippen LogP contribution in [0.25, 0.3) is 0 Å². The monoisotopic (exact) mass is 244 g/mol. The average Bonchev–Trinajstić information content (AvgIpc) is 2.22. The van der Waals surface area contributed by atoms with Gasteiger partial charge in [0.1, 0.15) is 0 Å². The SMILES string of the molecule is CCCCCC(C)c1cccc(Cl)c1Cl. The van der Waals surface area contributed by atoms with Gasteiger partial charge in [-0.15, -0.1) is 0 Å². The van der Waals surface area contributed by atoms with Crippen molar-refractivity contribution in [1.82, 2.24) is 0 Å². The number of hydrogen-bond acceptors (Lipinski definition) is 0. The molecule has 0 N–H and O–H groups in total. The molecular weight excluding hydrogens is 227 g/mol. The van der Waals surface area contributed by atoms with E-state index in [-0.39, 0.29) is 0 Å². The summed E-state index contributed by atoms with van der Waals surface area (Å²) in [7, 11) is 0. The average molecular weight is 245 g/mol.